The number of hydrogen-bond donors (Lipinski definition) is 1. The first kappa shape index (κ1) is 16.9. The Morgan fingerprint density at radius 1 is 1.20 bits per heavy atom. The molecule has 0 atom stereocenters. The van der Waals surface area contributed by atoms with Gasteiger partial charge in [-0.2, -0.15) is 11.8 Å². The number of ether oxygens (including phenoxy) is 1. The summed E-state index contributed by atoms with van der Waals surface area (Å²) >= 11 is 1.84. The predicted octanol–water partition coefficient (Wildman–Crippen LogP) is 3.33. The quantitative estimate of drug-likeness (QED) is 0.818. The highest BCUT2D eigenvalue weighted by molar-refractivity contribution is 8.00. The maximum absolute atomic E-state index is 11.7. The number of carbonyl (C=O) groups excluding carboxylic acids is 1. The van der Waals surface area contributed by atoms with Gasteiger partial charge in [0.2, 0.25) is 0 Å². The van der Waals surface area contributed by atoms with E-state index in [4.69, 9.17) is 4.74 Å². The third-order valence-electron chi connectivity index (χ3n) is 2.52. The Hall–Kier alpha value is -1.16. The van der Waals surface area contributed by atoms with Crippen molar-refractivity contribution in [2.24, 2.45) is 0 Å². The van der Waals surface area contributed by atoms with Crippen molar-refractivity contribution in [3.05, 3.63) is 29.3 Å². The molecule has 1 aromatic rings. The smallest absolute Gasteiger partial charge is 0.257 e. The molecule has 0 heterocycles. The Morgan fingerprint density at radius 2 is 1.80 bits per heavy atom. The zero-order chi connectivity index (χ0) is 15.2. The molecule has 0 spiro atoms. The van der Waals surface area contributed by atoms with Gasteiger partial charge >= 0.3 is 0 Å². The maximum atomic E-state index is 11.7. The van der Waals surface area contributed by atoms with Gasteiger partial charge < -0.3 is 10.1 Å². The molecule has 0 unspecified atom stereocenters. The average Bonchev–Trinajstić information content (AvgIpc) is 2.30. The number of thioether (sulfide) groups is 1. The summed E-state index contributed by atoms with van der Waals surface area (Å²) in [5, 5.41) is 2.87. The van der Waals surface area contributed by atoms with Crippen molar-refractivity contribution < 1.29 is 9.53 Å². The minimum atomic E-state index is -0.0707. The van der Waals surface area contributed by atoms with E-state index in [0.29, 0.717) is 6.54 Å². The van der Waals surface area contributed by atoms with Crippen molar-refractivity contribution in [3.8, 4) is 5.75 Å². The van der Waals surface area contributed by atoms with Gasteiger partial charge in [0.05, 0.1) is 0 Å². The first-order chi connectivity index (χ1) is 9.26. The summed E-state index contributed by atoms with van der Waals surface area (Å²) < 4.78 is 5.74. The highest BCUT2D eigenvalue weighted by Crippen LogP contribution is 2.22. The lowest BCUT2D eigenvalue weighted by molar-refractivity contribution is -0.122. The summed E-state index contributed by atoms with van der Waals surface area (Å²) in [6, 6.07) is 5.96. The van der Waals surface area contributed by atoms with E-state index in [9.17, 15) is 4.79 Å². The fourth-order valence-corrected chi connectivity index (χ4v) is 2.58. The van der Waals surface area contributed by atoms with E-state index < -0.39 is 0 Å². The topological polar surface area (TPSA) is 38.3 Å². The van der Waals surface area contributed by atoms with Gasteiger partial charge in [0, 0.05) is 17.0 Å². The predicted molar refractivity (Wildman–Crippen MR) is 86.6 cm³/mol. The molecule has 1 N–H and O–H groups in total. The molecule has 0 aliphatic rings. The molecule has 0 aliphatic heterocycles. The monoisotopic (exact) mass is 295 g/mol. The van der Waals surface area contributed by atoms with E-state index in [1.807, 2.05) is 37.7 Å². The highest BCUT2D eigenvalue weighted by Gasteiger charge is 2.10. The Labute approximate surface area is 126 Å². The summed E-state index contributed by atoms with van der Waals surface area (Å²) in [4.78, 5) is 11.7. The Bertz CT molecular complexity index is 432. The van der Waals surface area contributed by atoms with Crippen molar-refractivity contribution in [1.82, 2.24) is 5.32 Å². The molecule has 0 saturated carbocycles. The first-order valence-corrected chi connectivity index (χ1v) is 7.86. The minimum absolute atomic E-state index is 0.0707. The molecule has 0 radical (unpaired) electrons. The van der Waals surface area contributed by atoms with Crippen LogP contribution in [0.2, 0.25) is 0 Å². The van der Waals surface area contributed by atoms with Crippen LogP contribution in [-0.4, -0.2) is 29.6 Å². The molecular weight excluding hydrogens is 270 g/mol. The molecule has 20 heavy (non-hydrogen) atoms. The maximum Gasteiger partial charge on any atom is 0.257 e. The molecule has 0 saturated heterocycles. The van der Waals surface area contributed by atoms with Crippen molar-refractivity contribution >= 4 is 17.7 Å². The number of carbonyl (C=O) groups is 1. The zero-order valence-corrected chi connectivity index (χ0v) is 13.9. The Balaban J connectivity index is 2.26. The van der Waals surface area contributed by atoms with Crippen molar-refractivity contribution in [1.29, 1.82) is 0 Å². The lowest BCUT2D eigenvalue weighted by Crippen LogP contribution is -2.31. The number of rotatable bonds is 6. The Morgan fingerprint density at radius 3 is 2.35 bits per heavy atom. The molecule has 1 rings (SSSR count). The van der Waals surface area contributed by atoms with E-state index in [2.05, 4.69) is 32.2 Å². The zero-order valence-electron chi connectivity index (χ0n) is 13.1. The molecule has 0 aliphatic carbocycles. The van der Waals surface area contributed by atoms with Gasteiger partial charge in [0.15, 0.2) is 6.61 Å². The number of amides is 1. The molecule has 4 heteroatoms. The average molecular weight is 295 g/mol. The molecule has 0 fully saturated rings. The minimum Gasteiger partial charge on any atom is -0.484 e. The van der Waals surface area contributed by atoms with Crippen molar-refractivity contribution in [2.45, 2.75) is 39.4 Å². The normalized spacial score (nSPS) is 11.2. The molecule has 1 amide bonds. The van der Waals surface area contributed by atoms with E-state index in [1.54, 1.807) is 0 Å². The first-order valence-electron chi connectivity index (χ1n) is 6.88. The fourth-order valence-electron chi connectivity index (χ4n) is 1.76. The lowest BCUT2D eigenvalue weighted by atomic mass is 10.1. The molecular formula is C16H25NO2S. The second-order valence-corrected chi connectivity index (χ2v) is 7.84. The van der Waals surface area contributed by atoms with Crippen LogP contribution in [0.25, 0.3) is 0 Å². The van der Waals surface area contributed by atoms with Gasteiger partial charge in [-0.3, -0.25) is 4.79 Å². The third kappa shape index (κ3) is 7.43. The fraction of sp³-hybridized carbons (Fsp3) is 0.562. The van der Waals surface area contributed by atoms with E-state index >= 15 is 0 Å². The molecule has 0 aromatic heterocycles. The van der Waals surface area contributed by atoms with E-state index in [0.717, 1.165) is 22.6 Å². The molecule has 1 aromatic carbocycles. The lowest BCUT2D eigenvalue weighted by Gasteiger charge is -2.17. The van der Waals surface area contributed by atoms with Crippen molar-refractivity contribution in [3.63, 3.8) is 0 Å². The highest BCUT2D eigenvalue weighted by atomic mass is 32.2. The standard InChI is InChI=1S/C16H25NO2S/c1-12-8-13(2)10-14(9-12)19-11-15(18)17-6-7-20-16(3,4)5/h8-10H,6-7,11H2,1-5H3,(H,17,18). The summed E-state index contributed by atoms with van der Waals surface area (Å²) in [6.45, 7) is 11.3. The Kier molecular flexibility index (Phi) is 6.40. The van der Waals surface area contributed by atoms with Crippen LogP contribution in [0.5, 0.6) is 5.75 Å². The SMILES string of the molecule is Cc1cc(C)cc(OCC(=O)NCCSC(C)(C)C)c1. The summed E-state index contributed by atoms with van der Waals surface area (Å²) in [7, 11) is 0. The van der Waals surface area contributed by atoms with Crippen LogP contribution in [0, 0.1) is 13.8 Å². The van der Waals surface area contributed by atoms with Gasteiger partial charge in [-0.15, -0.1) is 0 Å². The van der Waals surface area contributed by atoms with E-state index in [-0.39, 0.29) is 17.3 Å². The number of hydrogen-bond acceptors (Lipinski definition) is 3. The molecule has 112 valence electrons. The van der Waals surface area contributed by atoms with Crippen LogP contribution in [0.15, 0.2) is 18.2 Å². The van der Waals surface area contributed by atoms with Crippen LogP contribution in [-0.2, 0) is 4.79 Å². The van der Waals surface area contributed by atoms with E-state index in [1.165, 1.54) is 0 Å². The molecule has 0 bridgehead atoms. The summed E-state index contributed by atoms with van der Waals surface area (Å²) in [6.07, 6.45) is 0. The van der Waals surface area contributed by atoms with Gasteiger partial charge in [-0.25, -0.2) is 0 Å². The van der Waals surface area contributed by atoms with Crippen LogP contribution in [0.1, 0.15) is 31.9 Å². The van der Waals surface area contributed by atoms with Gasteiger partial charge in [0.25, 0.3) is 5.91 Å². The van der Waals surface area contributed by atoms with Crippen LogP contribution in [0.4, 0.5) is 0 Å². The third-order valence-corrected chi connectivity index (χ3v) is 3.80. The number of aryl methyl sites for hydroxylation is 2. The van der Waals surface area contributed by atoms with Gasteiger partial charge in [-0.05, 0) is 37.1 Å². The summed E-state index contributed by atoms with van der Waals surface area (Å²) in [5.74, 6) is 1.60. The number of benzene rings is 1. The second kappa shape index (κ2) is 7.58. The second-order valence-electron chi connectivity index (χ2n) is 5.92. The summed E-state index contributed by atoms with van der Waals surface area (Å²) in [5.41, 5.74) is 2.28. The van der Waals surface area contributed by atoms with Gasteiger partial charge in [0.1, 0.15) is 5.75 Å². The van der Waals surface area contributed by atoms with Crippen LogP contribution >= 0.6 is 11.8 Å². The van der Waals surface area contributed by atoms with Crippen LogP contribution < -0.4 is 10.1 Å². The van der Waals surface area contributed by atoms with Crippen molar-refractivity contribution in [2.75, 3.05) is 18.9 Å². The number of nitrogens with one attached hydrogen (secondary N) is 1. The molecule has 3 nitrogen and oxygen atoms in total. The largest absolute Gasteiger partial charge is 0.484 e. The van der Waals surface area contributed by atoms with Gasteiger partial charge in [-0.1, -0.05) is 26.8 Å². The van der Waals surface area contributed by atoms with Crippen LogP contribution in [0.3, 0.4) is 0 Å².